The summed E-state index contributed by atoms with van der Waals surface area (Å²) in [6.07, 6.45) is 0.863. The molecule has 1 aromatic carbocycles. The Bertz CT molecular complexity index is 412. The van der Waals surface area contributed by atoms with Crippen molar-refractivity contribution in [2.45, 2.75) is 13.3 Å². The van der Waals surface area contributed by atoms with E-state index in [0.29, 0.717) is 5.56 Å². The molecule has 0 radical (unpaired) electrons. The van der Waals surface area contributed by atoms with Crippen LogP contribution in [0.1, 0.15) is 22.8 Å². The quantitative estimate of drug-likeness (QED) is 0.829. The number of hydrogen-bond donors (Lipinski definition) is 2. The monoisotopic (exact) mass is 234 g/mol. The van der Waals surface area contributed by atoms with Crippen LogP contribution in [0.15, 0.2) is 18.2 Å². The van der Waals surface area contributed by atoms with Gasteiger partial charge < -0.3 is 15.3 Å². The van der Waals surface area contributed by atoms with Crippen LogP contribution in [0.5, 0.6) is 0 Å². The first-order valence-electron chi connectivity index (χ1n) is 6.04. The second-order valence-corrected chi connectivity index (χ2v) is 4.25. The molecule has 0 amide bonds. The third kappa shape index (κ3) is 2.58. The van der Waals surface area contributed by atoms with Gasteiger partial charge in [0.05, 0.1) is 11.3 Å². The van der Waals surface area contributed by atoms with Gasteiger partial charge in [-0.3, -0.25) is 0 Å². The number of aromatic carboxylic acids is 1. The average molecular weight is 234 g/mol. The summed E-state index contributed by atoms with van der Waals surface area (Å²) in [5.74, 6) is -0.839. The van der Waals surface area contributed by atoms with E-state index in [0.717, 1.165) is 43.9 Å². The third-order valence-corrected chi connectivity index (χ3v) is 3.16. The molecule has 1 aromatic rings. The molecule has 1 fully saturated rings. The van der Waals surface area contributed by atoms with Gasteiger partial charge in [0.2, 0.25) is 0 Å². The van der Waals surface area contributed by atoms with Gasteiger partial charge in [0.15, 0.2) is 0 Å². The number of benzene rings is 1. The normalized spacial score (nSPS) is 15.9. The van der Waals surface area contributed by atoms with E-state index < -0.39 is 5.97 Å². The summed E-state index contributed by atoms with van der Waals surface area (Å²) in [6, 6.07) is 5.75. The van der Waals surface area contributed by atoms with E-state index in [2.05, 4.69) is 10.2 Å². The number of carboxylic acid groups (broad SMARTS) is 1. The van der Waals surface area contributed by atoms with Crippen molar-refractivity contribution in [1.29, 1.82) is 0 Å². The van der Waals surface area contributed by atoms with Gasteiger partial charge in [-0.15, -0.1) is 0 Å². The first-order valence-corrected chi connectivity index (χ1v) is 6.04. The Hall–Kier alpha value is -1.55. The minimum atomic E-state index is -0.839. The summed E-state index contributed by atoms with van der Waals surface area (Å²) in [5, 5.41) is 12.5. The number of aryl methyl sites for hydroxylation is 1. The molecule has 92 valence electrons. The molecule has 1 saturated heterocycles. The number of hydrogen-bond acceptors (Lipinski definition) is 3. The summed E-state index contributed by atoms with van der Waals surface area (Å²) in [6.45, 7) is 5.59. The number of carbonyl (C=O) groups is 1. The predicted octanol–water partition coefficient (Wildman–Crippen LogP) is 1.36. The molecule has 0 aliphatic carbocycles. The maximum Gasteiger partial charge on any atom is 0.337 e. The maximum atomic E-state index is 11.3. The third-order valence-electron chi connectivity index (χ3n) is 3.16. The number of nitrogens with one attached hydrogen (secondary N) is 1. The van der Waals surface area contributed by atoms with E-state index in [9.17, 15) is 9.90 Å². The van der Waals surface area contributed by atoms with E-state index in [1.165, 1.54) is 0 Å². The molecule has 0 bridgehead atoms. The van der Waals surface area contributed by atoms with Crippen LogP contribution in [-0.2, 0) is 6.42 Å². The van der Waals surface area contributed by atoms with Crippen LogP contribution >= 0.6 is 0 Å². The lowest BCUT2D eigenvalue weighted by Crippen LogP contribution is -2.44. The van der Waals surface area contributed by atoms with Crippen molar-refractivity contribution in [3.05, 3.63) is 29.3 Å². The highest BCUT2D eigenvalue weighted by molar-refractivity contribution is 5.94. The van der Waals surface area contributed by atoms with Crippen molar-refractivity contribution < 1.29 is 9.90 Å². The van der Waals surface area contributed by atoms with E-state index in [-0.39, 0.29) is 0 Å². The molecule has 2 N–H and O–H groups in total. The average Bonchev–Trinajstić information content (AvgIpc) is 2.39. The lowest BCUT2D eigenvalue weighted by Gasteiger charge is -2.30. The molecule has 0 aromatic heterocycles. The van der Waals surface area contributed by atoms with Crippen LogP contribution in [0.3, 0.4) is 0 Å². The molecule has 1 heterocycles. The van der Waals surface area contributed by atoms with Crippen molar-refractivity contribution in [2.75, 3.05) is 31.1 Å². The van der Waals surface area contributed by atoms with E-state index in [1.807, 2.05) is 19.1 Å². The van der Waals surface area contributed by atoms with Crippen molar-refractivity contribution in [3.8, 4) is 0 Å². The van der Waals surface area contributed by atoms with E-state index in [4.69, 9.17) is 0 Å². The van der Waals surface area contributed by atoms with Gasteiger partial charge >= 0.3 is 5.97 Å². The van der Waals surface area contributed by atoms with Gasteiger partial charge in [0.1, 0.15) is 0 Å². The number of carboxylic acids is 1. The Morgan fingerprint density at radius 3 is 2.71 bits per heavy atom. The molecule has 2 rings (SSSR count). The summed E-state index contributed by atoms with van der Waals surface area (Å²) in [5.41, 5.74) is 2.34. The van der Waals surface area contributed by atoms with Gasteiger partial charge in [-0.1, -0.05) is 13.0 Å². The predicted molar refractivity (Wildman–Crippen MR) is 67.9 cm³/mol. The first kappa shape index (κ1) is 11.9. The van der Waals surface area contributed by atoms with Crippen molar-refractivity contribution >= 4 is 11.7 Å². The number of piperazine rings is 1. The van der Waals surface area contributed by atoms with E-state index in [1.54, 1.807) is 6.07 Å². The van der Waals surface area contributed by atoms with Gasteiger partial charge in [-0.25, -0.2) is 4.79 Å². The molecule has 0 saturated carbocycles. The highest BCUT2D eigenvalue weighted by atomic mass is 16.4. The number of anilines is 1. The Balaban J connectivity index is 2.34. The molecule has 0 spiro atoms. The van der Waals surface area contributed by atoms with Crippen LogP contribution in [0.2, 0.25) is 0 Å². The zero-order valence-electron chi connectivity index (χ0n) is 10.1. The van der Waals surface area contributed by atoms with Crippen LogP contribution in [0.4, 0.5) is 5.69 Å². The zero-order valence-corrected chi connectivity index (χ0v) is 10.1. The topological polar surface area (TPSA) is 52.6 Å². The molecule has 4 nitrogen and oxygen atoms in total. The highest BCUT2D eigenvalue weighted by Crippen LogP contribution is 2.23. The Morgan fingerprint density at radius 2 is 2.12 bits per heavy atom. The first-order chi connectivity index (χ1) is 8.22. The van der Waals surface area contributed by atoms with Gasteiger partial charge in [0, 0.05) is 26.2 Å². The maximum absolute atomic E-state index is 11.3. The largest absolute Gasteiger partial charge is 0.478 e. The van der Waals surface area contributed by atoms with Crippen molar-refractivity contribution in [2.24, 2.45) is 0 Å². The van der Waals surface area contributed by atoms with Crippen molar-refractivity contribution in [3.63, 3.8) is 0 Å². The van der Waals surface area contributed by atoms with Gasteiger partial charge in [-0.05, 0) is 24.1 Å². The number of rotatable bonds is 3. The summed E-state index contributed by atoms with van der Waals surface area (Å²) in [4.78, 5) is 13.4. The molecule has 0 atom stereocenters. The summed E-state index contributed by atoms with van der Waals surface area (Å²) in [7, 11) is 0. The summed E-state index contributed by atoms with van der Waals surface area (Å²) >= 11 is 0. The second-order valence-electron chi connectivity index (χ2n) is 4.25. The standard InChI is InChI=1S/C13H18N2O2/c1-2-10-3-4-12(11(9-10)13(16)17)15-7-5-14-6-8-15/h3-4,9,14H,2,5-8H2,1H3,(H,16,17). The molecule has 1 aliphatic heterocycles. The molecule has 17 heavy (non-hydrogen) atoms. The second kappa shape index (κ2) is 5.19. The minimum Gasteiger partial charge on any atom is -0.478 e. The van der Waals surface area contributed by atoms with Gasteiger partial charge in [-0.2, -0.15) is 0 Å². The van der Waals surface area contributed by atoms with Gasteiger partial charge in [0.25, 0.3) is 0 Å². The lowest BCUT2D eigenvalue weighted by atomic mass is 10.1. The Morgan fingerprint density at radius 1 is 1.41 bits per heavy atom. The minimum absolute atomic E-state index is 0.422. The fourth-order valence-corrected chi connectivity index (χ4v) is 2.16. The highest BCUT2D eigenvalue weighted by Gasteiger charge is 2.17. The number of nitrogens with zero attached hydrogens (tertiary/aromatic N) is 1. The van der Waals surface area contributed by atoms with E-state index >= 15 is 0 Å². The van der Waals surface area contributed by atoms with Crippen LogP contribution < -0.4 is 10.2 Å². The molecular weight excluding hydrogens is 216 g/mol. The van der Waals surface area contributed by atoms with Crippen LogP contribution in [0, 0.1) is 0 Å². The lowest BCUT2D eigenvalue weighted by molar-refractivity contribution is 0.0697. The summed E-state index contributed by atoms with van der Waals surface area (Å²) < 4.78 is 0. The zero-order chi connectivity index (χ0) is 12.3. The smallest absolute Gasteiger partial charge is 0.337 e. The van der Waals surface area contributed by atoms with Crippen LogP contribution in [-0.4, -0.2) is 37.3 Å². The fourth-order valence-electron chi connectivity index (χ4n) is 2.16. The molecule has 0 unspecified atom stereocenters. The van der Waals surface area contributed by atoms with Crippen molar-refractivity contribution in [1.82, 2.24) is 5.32 Å². The Labute approximate surface area is 101 Å². The fraction of sp³-hybridized carbons (Fsp3) is 0.462. The Kier molecular flexibility index (Phi) is 3.64. The SMILES string of the molecule is CCc1ccc(N2CCNCC2)c(C(=O)O)c1. The van der Waals surface area contributed by atoms with Crippen LogP contribution in [0.25, 0.3) is 0 Å². The molecule has 4 heteroatoms. The molecule has 1 aliphatic rings. The molecular formula is C13H18N2O2.